The molecular formula is C14H26N4. The number of benzene rings is 1. The van der Waals surface area contributed by atoms with E-state index < -0.39 is 0 Å². The summed E-state index contributed by atoms with van der Waals surface area (Å²) < 4.78 is 30.0. The summed E-state index contributed by atoms with van der Waals surface area (Å²) in [6.45, 7) is 0.861. The van der Waals surface area contributed by atoms with Gasteiger partial charge in [0.25, 0.3) is 0 Å². The molecule has 0 saturated heterocycles. The highest BCUT2D eigenvalue weighted by Gasteiger charge is 2.18. The van der Waals surface area contributed by atoms with E-state index in [0.717, 1.165) is 17.8 Å². The van der Waals surface area contributed by atoms with Crippen LogP contribution in [0, 0.1) is 0 Å². The molecule has 1 aromatic rings. The molecule has 1 aromatic carbocycles. The van der Waals surface area contributed by atoms with E-state index >= 15 is 0 Å². The minimum Gasteiger partial charge on any atom is -0.299 e. The quantitative estimate of drug-likeness (QED) is 0.418. The van der Waals surface area contributed by atoms with E-state index in [9.17, 15) is 0 Å². The molecule has 0 heterocycles. The minimum absolute atomic E-state index is 0.679. The molecule has 0 radical (unpaired) electrons. The highest BCUT2D eigenvalue weighted by molar-refractivity contribution is 5.45. The molecule has 2 rings (SSSR count). The van der Waals surface area contributed by atoms with Crippen LogP contribution in [0.1, 0.15) is 46.6 Å². The first kappa shape index (κ1) is 9.42. The minimum atomic E-state index is 0.679. The van der Waals surface area contributed by atoms with E-state index in [1.807, 2.05) is 24.3 Å². The van der Waals surface area contributed by atoms with Gasteiger partial charge >= 0.3 is 0 Å². The SMILES string of the molecule is CN(Cc1ccccc1N=[N+]=[N-])C1CCCCC1.[2H][2H].[2H][2H].[2H][2H]. The lowest BCUT2D eigenvalue weighted by Gasteiger charge is -2.31. The zero-order valence-electron chi connectivity index (χ0n) is 16.9. The molecule has 1 fully saturated rings. The van der Waals surface area contributed by atoms with Crippen molar-refractivity contribution in [3.8, 4) is 0 Å². The van der Waals surface area contributed by atoms with E-state index in [0.29, 0.717) is 6.04 Å². The van der Waals surface area contributed by atoms with Crippen LogP contribution in [0.2, 0.25) is 0 Å². The molecule has 0 amide bonds. The lowest BCUT2D eigenvalue weighted by atomic mass is 9.94. The average Bonchev–Trinajstić information content (AvgIpc) is 2.69. The molecule has 0 N–H and O–H groups in total. The van der Waals surface area contributed by atoms with Crippen LogP contribution >= 0.6 is 0 Å². The zero-order chi connectivity index (χ0) is 18.8. The van der Waals surface area contributed by atoms with Crippen molar-refractivity contribution in [2.75, 3.05) is 7.05 Å². The summed E-state index contributed by atoms with van der Waals surface area (Å²) in [6.07, 6.45) is 6.64. The van der Waals surface area contributed by atoms with Gasteiger partial charge in [0.1, 0.15) is 0 Å². The molecule has 1 aliphatic rings. The van der Waals surface area contributed by atoms with Gasteiger partial charge in [-0.15, -0.1) is 0 Å². The third kappa shape index (κ3) is 3.25. The van der Waals surface area contributed by atoms with Crippen LogP contribution in [-0.2, 0) is 6.54 Å². The number of nitrogens with zero attached hydrogens (tertiary/aromatic N) is 4. The number of hydrogen-bond donors (Lipinski definition) is 0. The Morgan fingerprint density at radius 1 is 1.39 bits per heavy atom. The Morgan fingerprint density at radius 3 is 2.83 bits per heavy atom. The largest absolute Gasteiger partial charge is 0.299 e. The summed E-state index contributed by atoms with van der Waals surface area (Å²) in [4.78, 5) is 5.29. The summed E-state index contributed by atoms with van der Waals surface area (Å²) in [5.41, 5.74) is 10.4. The maximum atomic E-state index is 8.57. The van der Waals surface area contributed by atoms with Crippen molar-refractivity contribution < 1.29 is 8.91 Å². The monoisotopic (exact) mass is 256 g/mol. The Balaban J connectivity index is 0. The van der Waals surface area contributed by atoms with Gasteiger partial charge in [0, 0.05) is 32.1 Å². The van der Waals surface area contributed by atoms with Crippen molar-refractivity contribution in [2.24, 2.45) is 5.11 Å². The van der Waals surface area contributed by atoms with Crippen LogP contribution in [0.15, 0.2) is 29.4 Å². The predicted molar refractivity (Wildman–Crippen MR) is 79.9 cm³/mol. The summed E-state index contributed by atoms with van der Waals surface area (Å²) in [5, 5.41) is 3.76. The summed E-state index contributed by atoms with van der Waals surface area (Å²) in [6, 6.07) is 8.51. The molecule has 0 atom stereocenters. The highest BCUT2D eigenvalue weighted by Crippen LogP contribution is 2.25. The molecule has 1 saturated carbocycles. The molecule has 0 aliphatic heterocycles. The number of rotatable bonds is 4. The van der Waals surface area contributed by atoms with E-state index in [1.165, 1.54) is 32.1 Å². The van der Waals surface area contributed by atoms with Gasteiger partial charge in [-0.25, -0.2) is 0 Å². The topological polar surface area (TPSA) is 52.0 Å². The molecular weight excluding hydrogens is 224 g/mol. The normalized spacial score (nSPS) is 17.9. The number of hydrogen-bond acceptors (Lipinski definition) is 2. The molecule has 0 bridgehead atoms. The zero-order valence-corrected chi connectivity index (χ0v) is 10.9. The van der Waals surface area contributed by atoms with Crippen LogP contribution in [0.4, 0.5) is 5.69 Å². The third-order valence-electron chi connectivity index (χ3n) is 3.76. The first-order valence-corrected chi connectivity index (χ1v) is 6.64. The van der Waals surface area contributed by atoms with Crippen LogP contribution < -0.4 is 0 Å². The molecule has 4 heteroatoms. The molecule has 0 spiro atoms. The fourth-order valence-electron chi connectivity index (χ4n) is 2.71. The van der Waals surface area contributed by atoms with Crippen molar-refractivity contribution >= 4 is 5.69 Å². The van der Waals surface area contributed by atoms with Crippen molar-refractivity contribution in [1.29, 1.82) is 0 Å². The Hall–Kier alpha value is -1.51. The predicted octanol–water partition coefficient (Wildman–Crippen LogP) is 5.13. The smallest absolute Gasteiger partial charge is 0.0420 e. The first-order valence-electron chi connectivity index (χ1n) is 9.64. The second kappa shape index (κ2) is 6.43. The fourth-order valence-corrected chi connectivity index (χ4v) is 2.71. The summed E-state index contributed by atoms with van der Waals surface area (Å²) in [7, 11) is 2.17. The Kier molecular flexibility index (Phi) is 3.37. The Bertz CT molecular complexity index is 451. The number of azide groups is 1. The molecule has 102 valence electrons. The maximum Gasteiger partial charge on any atom is 0.0420 e. The van der Waals surface area contributed by atoms with Gasteiger partial charge in [0.2, 0.25) is 0 Å². The lowest BCUT2D eigenvalue weighted by molar-refractivity contribution is 0.185. The average molecular weight is 256 g/mol. The summed E-state index contributed by atoms with van der Waals surface area (Å²) in [5.74, 6) is 0. The van der Waals surface area contributed by atoms with Gasteiger partial charge in [0.05, 0.1) is 0 Å². The van der Waals surface area contributed by atoms with Gasteiger partial charge in [0.15, 0.2) is 0 Å². The van der Waals surface area contributed by atoms with Crippen molar-refractivity contribution in [2.45, 2.75) is 44.7 Å². The van der Waals surface area contributed by atoms with E-state index in [4.69, 9.17) is 14.4 Å². The van der Waals surface area contributed by atoms with Gasteiger partial charge in [-0.2, -0.15) is 0 Å². The van der Waals surface area contributed by atoms with Gasteiger partial charge in [-0.1, -0.05) is 48.6 Å². The van der Waals surface area contributed by atoms with Crippen LogP contribution in [0.5, 0.6) is 0 Å². The lowest BCUT2D eigenvalue weighted by Crippen LogP contribution is -2.32. The fraction of sp³-hybridized carbons (Fsp3) is 0.571. The molecule has 0 unspecified atom stereocenters. The summed E-state index contributed by atoms with van der Waals surface area (Å²) >= 11 is 0. The second-order valence-electron chi connectivity index (χ2n) is 5.03. The van der Waals surface area contributed by atoms with Crippen molar-refractivity contribution in [3.05, 3.63) is 40.3 Å². The Labute approximate surface area is 117 Å². The maximum absolute atomic E-state index is 8.57. The molecule has 4 nitrogen and oxygen atoms in total. The molecule has 1 aliphatic carbocycles. The van der Waals surface area contributed by atoms with Crippen molar-refractivity contribution in [1.82, 2.24) is 4.90 Å². The second-order valence-corrected chi connectivity index (χ2v) is 5.03. The van der Waals surface area contributed by atoms with Crippen molar-refractivity contribution in [3.63, 3.8) is 0 Å². The highest BCUT2D eigenvalue weighted by atomic mass is 15.1. The van der Waals surface area contributed by atoms with E-state index in [-0.39, 0.29) is 0 Å². The van der Waals surface area contributed by atoms with Gasteiger partial charge in [-0.3, -0.25) is 4.90 Å². The van der Waals surface area contributed by atoms with Gasteiger partial charge in [-0.05, 0) is 31.0 Å². The van der Waals surface area contributed by atoms with Gasteiger partial charge < -0.3 is 0 Å². The third-order valence-corrected chi connectivity index (χ3v) is 3.76. The first-order chi connectivity index (χ1) is 11.8. The standard InChI is InChI=1S/C14H20N4.3H2/c1-18(13-8-3-2-4-9-13)11-12-7-5-6-10-14(12)16-17-15;;;/h5-7,10,13H,2-4,8-9,11H2,1H3;3*1H/i;3*1+1D. The van der Waals surface area contributed by atoms with Crippen LogP contribution in [0.25, 0.3) is 10.4 Å². The molecule has 18 heavy (non-hydrogen) atoms. The Morgan fingerprint density at radius 2 is 2.11 bits per heavy atom. The molecule has 0 aromatic heterocycles. The van der Waals surface area contributed by atoms with Crippen LogP contribution in [0.3, 0.4) is 0 Å². The van der Waals surface area contributed by atoms with E-state index in [2.05, 4.69) is 22.0 Å². The van der Waals surface area contributed by atoms with E-state index in [1.54, 1.807) is 0 Å². The van der Waals surface area contributed by atoms with Crippen LogP contribution in [-0.4, -0.2) is 18.0 Å².